The maximum absolute atomic E-state index is 12.7. The highest BCUT2D eigenvalue weighted by Gasteiger charge is 2.29. The quantitative estimate of drug-likeness (QED) is 0.176. The Balaban J connectivity index is 1.20. The molecule has 4 aromatic rings. The third-order valence-electron chi connectivity index (χ3n) is 6.44. The van der Waals surface area contributed by atoms with Crippen LogP contribution in [0, 0.1) is 0 Å². The number of benzene rings is 2. The number of halogens is 3. The Morgan fingerprint density at radius 3 is 2.48 bits per heavy atom. The minimum atomic E-state index is -4.36. The Bertz CT molecular complexity index is 1410. The minimum Gasteiger partial charge on any atom is -0.487 e. The van der Waals surface area contributed by atoms with Crippen molar-refractivity contribution in [2.75, 3.05) is 0 Å². The van der Waals surface area contributed by atoms with Crippen molar-refractivity contribution >= 4 is 18.1 Å². The molecule has 4 rings (SSSR count). The van der Waals surface area contributed by atoms with Gasteiger partial charge in [0.2, 0.25) is 5.89 Å². The van der Waals surface area contributed by atoms with Crippen molar-refractivity contribution in [1.29, 1.82) is 0 Å². The number of hydrogen-bond donors (Lipinski definition) is 1. The van der Waals surface area contributed by atoms with Gasteiger partial charge in [-0.25, -0.2) is 14.8 Å². The van der Waals surface area contributed by atoms with Gasteiger partial charge in [-0.1, -0.05) is 31.2 Å². The molecule has 2 aromatic heterocycles. The van der Waals surface area contributed by atoms with Gasteiger partial charge in [-0.05, 0) is 73.6 Å². The van der Waals surface area contributed by atoms with Crippen LogP contribution in [0.3, 0.4) is 0 Å². The van der Waals surface area contributed by atoms with Crippen LogP contribution in [0.15, 0.2) is 71.7 Å². The van der Waals surface area contributed by atoms with E-state index >= 15 is 0 Å². The summed E-state index contributed by atoms with van der Waals surface area (Å²) in [5.41, 5.74) is 2.60. The number of carbonyl (C=O) groups is 1. The number of hydrogen-bond acceptors (Lipinski definition) is 5. The largest absolute Gasteiger partial charge is 0.487 e. The molecule has 0 saturated heterocycles. The van der Waals surface area contributed by atoms with Gasteiger partial charge in [0.25, 0.3) is 0 Å². The summed E-state index contributed by atoms with van der Waals surface area (Å²) in [5, 5.41) is 9.41. The molecule has 40 heavy (non-hydrogen) atoms. The van der Waals surface area contributed by atoms with Crippen molar-refractivity contribution in [3.63, 3.8) is 0 Å². The molecule has 0 radical (unpaired) electrons. The van der Waals surface area contributed by atoms with E-state index in [1.807, 2.05) is 31.2 Å². The summed E-state index contributed by atoms with van der Waals surface area (Å²) in [6.07, 6.45) is 7.70. The van der Waals surface area contributed by atoms with Crippen molar-refractivity contribution in [2.24, 2.45) is 0 Å². The molecular formula is C30H30F3N3O4. The maximum Gasteiger partial charge on any atom is 0.416 e. The van der Waals surface area contributed by atoms with Crippen LogP contribution in [-0.2, 0) is 30.4 Å². The number of carboxylic acid groups (broad SMARTS) is 1. The molecule has 2 aromatic carbocycles. The molecule has 2 heterocycles. The van der Waals surface area contributed by atoms with E-state index in [1.165, 1.54) is 24.0 Å². The Morgan fingerprint density at radius 1 is 1.07 bits per heavy atom. The first-order valence-corrected chi connectivity index (χ1v) is 13.0. The van der Waals surface area contributed by atoms with Gasteiger partial charge in [0, 0.05) is 18.0 Å². The molecule has 1 N–H and O–H groups in total. The summed E-state index contributed by atoms with van der Waals surface area (Å²) in [6, 6.07) is 12.1. The topological polar surface area (TPSA) is 90.4 Å². The lowest BCUT2D eigenvalue weighted by Crippen LogP contribution is -2.19. The van der Waals surface area contributed by atoms with E-state index in [0.29, 0.717) is 29.3 Å². The van der Waals surface area contributed by atoms with Crippen molar-refractivity contribution in [3.8, 4) is 5.75 Å². The van der Waals surface area contributed by atoms with Crippen LogP contribution < -0.4 is 4.74 Å². The predicted octanol–water partition coefficient (Wildman–Crippen LogP) is 7.24. The van der Waals surface area contributed by atoms with Crippen LogP contribution in [0.25, 0.3) is 12.2 Å². The Kier molecular flexibility index (Phi) is 9.42. The highest BCUT2D eigenvalue weighted by atomic mass is 19.4. The lowest BCUT2D eigenvalue weighted by atomic mass is 10.1. The fraction of sp³-hybridized carbons (Fsp3) is 0.300. The second-order valence-electron chi connectivity index (χ2n) is 9.32. The third-order valence-corrected chi connectivity index (χ3v) is 6.44. The molecule has 0 fully saturated rings. The molecule has 0 aliphatic carbocycles. The van der Waals surface area contributed by atoms with Crippen LogP contribution >= 0.6 is 0 Å². The lowest BCUT2D eigenvalue weighted by molar-refractivity contribution is -0.141. The van der Waals surface area contributed by atoms with E-state index < -0.39 is 23.8 Å². The average Bonchev–Trinajstić information content (AvgIpc) is 3.59. The molecule has 0 aliphatic rings. The fourth-order valence-electron chi connectivity index (χ4n) is 4.26. The number of imidazole rings is 1. The number of rotatable bonds is 13. The minimum absolute atomic E-state index is 0.208. The predicted molar refractivity (Wildman–Crippen MR) is 143 cm³/mol. The summed E-state index contributed by atoms with van der Waals surface area (Å²) in [6.45, 7) is 2.06. The van der Waals surface area contributed by atoms with Crippen molar-refractivity contribution < 1.29 is 32.2 Å². The van der Waals surface area contributed by atoms with E-state index in [1.54, 1.807) is 29.2 Å². The summed E-state index contributed by atoms with van der Waals surface area (Å²) >= 11 is 0. The van der Waals surface area contributed by atoms with Gasteiger partial charge < -0.3 is 18.8 Å². The first-order chi connectivity index (χ1) is 19.2. The second kappa shape index (κ2) is 13.1. The van der Waals surface area contributed by atoms with Crippen molar-refractivity contribution in [3.05, 3.63) is 101 Å². The molecular weight excluding hydrogens is 523 g/mol. The second-order valence-corrected chi connectivity index (χ2v) is 9.32. The van der Waals surface area contributed by atoms with Gasteiger partial charge in [-0.2, -0.15) is 13.2 Å². The van der Waals surface area contributed by atoms with Crippen LogP contribution in [0.4, 0.5) is 13.2 Å². The van der Waals surface area contributed by atoms with Crippen LogP contribution in [-0.4, -0.2) is 25.6 Å². The zero-order valence-corrected chi connectivity index (χ0v) is 22.0. The standard InChI is InChI=1S/C30H30F3N3O4/c1-2-27(29(37)38)36-20-34-17-25(36)6-4-3-5-21-9-14-26(15-10-21)39-18-24-19-40-28(35-24)16-11-22-7-12-23(13-8-22)30(31,32)33/h7-17,19-20,27H,2-6,18H2,1H3,(H,37,38)/b16-11+. The SMILES string of the molecule is CCC(C(=O)O)n1cncc1CCCCc1ccc(OCc2coc(/C=C/c3ccc(C(F)(F)F)cc3)n2)cc1. The van der Waals surface area contributed by atoms with E-state index in [0.717, 1.165) is 43.5 Å². The number of alkyl halides is 3. The maximum atomic E-state index is 12.7. The molecule has 210 valence electrons. The highest BCUT2D eigenvalue weighted by Crippen LogP contribution is 2.29. The number of unbranched alkanes of at least 4 members (excludes halogenated alkanes) is 1. The normalized spacial score (nSPS) is 12.6. The summed E-state index contributed by atoms with van der Waals surface area (Å²) in [7, 11) is 0. The van der Waals surface area contributed by atoms with E-state index in [4.69, 9.17) is 9.15 Å². The van der Waals surface area contributed by atoms with E-state index in [-0.39, 0.29) is 6.61 Å². The fourth-order valence-corrected chi connectivity index (χ4v) is 4.26. The Hall–Kier alpha value is -4.34. The molecule has 10 heteroatoms. The molecule has 0 saturated carbocycles. The van der Waals surface area contributed by atoms with Crippen molar-refractivity contribution in [2.45, 2.75) is 57.9 Å². The number of oxazole rings is 1. The smallest absolute Gasteiger partial charge is 0.416 e. The molecule has 0 aliphatic heterocycles. The van der Waals surface area contributed by atoms with Gasteiger partial charge in [0.05, 0.1) is 11.9 Å². The van der Waals surface area contributed by atoms with Gasteiger partial charge in [0.15, 0.2) is 0 Å². The first kappa shape index (κ1) is 28.7. The third kappa shape index (κ3) is 7.84. The van der Waals surface area contributed by atoms with Crippen LogP contribution in [0.5, 0.6) is 5.75 Å². The number of ether oxygens (including phenoxy) is 1. The molecule has 1 unspecified atom stereocenters. The summed E-state index contributed by atoms with van der Waals surface area (Å²) in [4.78, 5) is 19.9. The molecule has 0 amide bonds. The van der Waals surface area contributed by atoms with E-state index in [9.17, 15) is 23.1 Å². The number of aliphatic carboxylic acids is 1. The molecule has 0 spiro atoms. The lowest BCUT2D eigenvalue weighted by Gasteiger charge is -2.15. The number of aromatic nitrogens is 3. The van der Waals surface area contributed by atoms with Crippen molar-refractivity contribution in [1.82, 2.24) is 14.5 Å². The highest BCUT2D eigenvalue weighted by molar-refractivity contribution is 5.71. The van der Waals surface area contributed by atoms with Gasteiger partial charge in [-0.3, -0.25) is 0 Å². The van der Waals surface area contributed by atoms with E-state index in [2.05, 4.69) is 9.97 Å². The number of nitrogens with zero attached hydrogens (tertiary/aromatic N) is 3. The van der Waals surface area contributed by atoms with Crippen LogP contribution in [0.1, 0.15) is 66.2 Å². The monoisotopic (exact) mass is 553 g/mol. The van der Waals surface area contributed by atoms with Gasteiger partial charge in [0.1, 0.15) is 30.4 Å². The number of aryl methyl sites for hydroxylation is 2. The molecule has 1 atom stereocenters. The van der Waals surface area contributed by atoms with Gasteiger partial charge in [-0.15, -0.1) is 0 Å². The Labute approximate surface area is 230 Å². The van der Waals surface area contributed by atoms with Gasteiger partial charge >= 0.3 is 12.1 Å². The molecule has 0 bridgehead atoms. The van der Waals surface area contributed by atoms with Crippen LogP contribution in [0.2, 0.25) is 0 Å². The summed E-state index contributed by atoms with van der Waals surface area (Å²) < 4.78 is 51.0. The Morgan fingerprint density at radius 2 is 1.80 bits per heavy atom. The summed E-state index contributed by atoms with van der Waals surface area (Å²) in [5.74, 6) is 0.170. The molecule has 7 nitrogen and oxygen atoms in total. The number of carboxylic acids is 1. The average molecular weight is 554 g/mol. The zero-order chi connectivity index (χ0) is 28.5. The first-order valence-electron chi connectivity index (χ1n) is 13.0. The zero-order valence-electron chi connectivity index (χ0n) is 22.0.